The Balaban J connectivity index is 1.98. The number of halogens is 2. The second kappa shape index (κ2) is 6.44. The zero-order valence-electron chi connectivity index (χ0n) is 12.0. The number of carbonyl (C=O) groups is 1. The summed E-state index contributed by atoms with van der Waals surface area (Å²) in [4.78, 5) is 16.3. The first-order chi connectivity index (χ1) is 11.1. The zero-order valence-corrected chi connectivity index (χ0v) is 13.6. The molecule has 0 spiro atoms. The van der Waals surface area contributed by atoms with Gasteiger partial charge in [-0.25, -0.2) is 9.79 Å². The fraction of sp³-hybridized carbons (Fsp3) is 0.0588. The van der Waals surface area contributed by atoms with E-state index in [-0.39, 0.29) is 11.6 Å². The largest absolute Gasteiger partial charge is 0.496 e. The van der Waals surface area contributed by atoms with Crippen molar-refractivity contribution in [3.8, 4) is 5.75 Å². The summed E-state index contributed by atoms with van der Waals surface area (Å²) in [7, 11) is 1.54. The molecule has 0 aliphatic carbocycles. The molecule has 0 saturated heterocycles. The summed E-state index contributed by atoms with van der Waals surface area (Å²) in [5, 5.41) is 0.849. The molecule has 0 N–H and O–H groups in total. The third kappa shape index (κ3) is 3.23. The molecular weight excluding hydrogens is 337 g/mol. The molecule has 2 aromatic rings. The number of benzene rings is 2. The van der Waals surface area contributed by atoms with Crippen molar-refractivity contribution in [2.24, 2.45) is 4.99 Å². The minimum atomic E-state index is -0.531. The second-order valence-electron chi connectivity index (χ2n) is 4.71. The molecule has 2 aromatic carbocycles. The van der Waals surface area contributed by atoms with Gasteiger partial charge in [-0.3, -0.25) is 0 Å². The van der Waals surface area contributed by atoms with E-state index >= 15 is 0 Å². The lowest BCUT2D eigenvalue weighted by atomic mass is 10.2. The smallest absolute Gasteiger partial charge is 0.363 e. The number of carbonyl (C=O) groups excluding carboxylic acids is 1. The maximum Gasteiger partial charge on any atom is 0.363 e. The first-order valence-corrected chi connectivity index (χ1v) is 7.45. The molecule has 1 aliphatic rings. The number of methoxy groups -OCH3 is 1. The predicted molar refractivity (Wildman–Crippen MR) is 90.1 cm³/mol. The summed E-state index contributed by atoms with van der Waals surface area (Å²) in [6.45, 7) is 0. The first kappa shape index (κ1) is 15.6. The quantitative estimate of drug-likeness (QED) is 0.612. The van der Waals surface area contributed by atoms with Crippen LogP contribution < -0.4 is 4.74 Å². The van der Waals surface area contributed by atoms with Gasteiger partial charge in [-0.05, 0) is 35.9 Å². The summed E-state index contributed by atoms with van der Waals surface area (Å²) >= 11 is 11.8. The number of ether oxygens (including phenoxy) is 2. The van der Waals surface area contributed by atoms with Crippen molar-refractivity contribution in [3.63, 3.8) is 0 Å². The molecular formula is C17H11Cl2NO3. The lowest BCUT2D eigenvalue weighted by molar-refractivity contribution is -0.129. The van der Waals surface area contributed by atoms with Gasteiger partial charge in [0.1, 0.15) is 5.75 Å². The molecule has 23 heavy (non-hydrogen) atoms. The molecule has 0 amide bonds. The number of cyclic esters (lactones) is 1. The fourth-order valence-electron chi connectivity index (χ4n) is 2.11. The van der Waals surface area contributed by atoms with Gasteiger partial charge in [0.15, 0.2) is 5.70 Å². The van der Waals surface area contributed by atoms with Crippen LogP contribution in [-0.4, -0.2) is 19.0 Å². The van der Waals surface area contributed by atoms with Crippen molar-refractivity contribution in [3.05, 3.63) is 69.3 Å². The topological polar surface area (TPSA) is 47.9 Å². The van der Waals surface area contributed by atoms with Gasteiger partial charge in [0.25, 0.3) is 0 Å². The van der Waals surface area contributed by atoms with Gasteiger partial charge < -0.3 is 9.47 Å². The van der Waals surface area contributed by atoms with E-state index < -0.39 is 5.97 Å². The van der Waals surface area contributed by atoms with Gasteiger partial charge in [-0.2, -0.15) is 0 Å². The van der Waals surface area contributed by atoms with Crippen LogP contribution in [0.5, 0.6) is 5.75 Å². The summed E-state index contributed by atoms with van der Waals surface area (Å²) in [6, 6.07) is 12.2. The van der Waals surface area contributed by atoms with E-state index in [2.05, 4.69) is 4.99 Å². The van der Waals surface area contributed by atoms with Crippen molar-refractivity contribution >= 4 is 41.1 Å². The van der Waals surface area contributed by atoms with Gasteiger partial charge in [0.05, 0.1) is 22.7 Å². The minimum Gasteiger partial charge on any atom is -0.496 e. The van der Waals surface area contributed by atoms with Crippen LogP contribution >= 0.6 is 23.2 Å². The maximum absolute atomic E-state index is 12.0. The zero-order chi connectivity index (χ0) is 16.4. The van der Waals surface area contributed by atoms with Crippen molar-refractivity contribution < 1.29 is 14.3 Å². The van der Waals surface area contributed by atoms with Crippen LogP contribution in [0.4, 0.5) is 0 Å². The molecule has 4 nitrogen and oxygen atoms in total. The highest BCUT2D eigenvalue weighted by Gasteiger charge is 2.26. The van der Waals surface area contributed by atoms with Crippen LogP contribution in [0, 0.1) is 0 Å². The van der Waals surface area contributed by atoms with E-state index in [1.54, 1.807) is 43.5 Å². The monoisotopic (exact) mass is 347 g/mol. The highest BCUT2D eigenvalue weighted by atomic mass is 35.5. The Kier molecular flexibility index (Phi) is 4.37. The Bertz CT molecular complexity index is 843. The van der Waals surface area contributed by atoms with Crippen molar-refractivity contribution in [2.75, 3.05) is 7.11 Å². The Labute approximate surface area is 143 Å². The second-order valence-corrected chi connectivity index (χ2v) is 5.52. The standard InChI is InChI=1S/C17H11Cl2NO3/c1-22-15-5-3-2-4-11(15)16-20-14(17(21)23-16)9-10-6-7-12(18)13(19)8-10/h2-9H,1H3/b14-9-. The normalized spacial score (nSPS) is 15.5. The van der Waals surface area contributed by atoms with E-state index in [1.165, 1.54) is 0 Å². The molecule has 0 saturated carbocycles. The highest BCUT2D eigenvalue weighted by molar-refractivity contribution is 6.42. The average Bonchev–Trinajstić information content (AvgIpc) is 2.91. The fourth-order valence-corrected chi connectivity index (χ4v) is 2.41. The van der Waals surface area contributed by atoms with E-state index in [4.69, 9.17) is 32.7 Å². The predicted octanol–water partition coefficient (Wildman–Crippen LogP) is 4.35. The molecule has 0 fully saturated rings. The van der Waals surface area contributed by atoms with Crippen LogP contribution in [0.1, 0.15) is 11.1 Å². The number of para-hydroxylation sites is 1. The lowest BCUT2D eigenvalue weighted by Gasteiger charge is -2.05. The number of hydrogen-bond acceptors (Lipinski definition) is 4. The number of esters is 1. The van der Waals surface area contributed by atoms with Gasteiger partial charge >= 0.3 is 5.97 Å². The third-order valence-corrected chi connectivity index (χ3v) is 3.94. The first-order valence-electron chi connectivity index (χ1n) is 6.69. The molecule has 1 aliphatic heterocycles. The molecule has 0 aromatic heterocycles. The van der Waals surface area contributed by atoms with Crippen LogP contribution in [0.15, 0.2) is 53.2 Å². The third-order valence-electron chi connectivity index (χ3n) is 3.20. The summed E-state index contributed by atoms with van der Waals surface area (Å²) in [6.07, 6.45) is 1.59. The van der Waals surface area contributed by atoms with E-state index in [1.807, 2.05) is 12.1 Å². The molecule has 0 unspecified atom stereocenters. The summed E-state index contributed by atoms with van der Waals surface area (Å²) in [5.74, 6) is 0.255. The molecule has 6 heteroatoms. The Morgan fingerprint density at radius 3 is 2.65 bits per heavy atom. The van der Waals surface area contributed by atoms with Crippen LogP contribution in [0.2, 0.25) is 10.0 Å². The molecule has 1 heterocycles. The molecule has 0 atom stereocenters. The SMILES string of the molecule is COc1ccccc1C1=N/C(=C\c2ccc(Cl)c(Cl)c2)C(=O)O1. The Hall–Kier alpha value is -2.30. The molecule has 116 valence electrons. The number of hydrogen-bond donors (Lipinski definition) is 0. The molecule has 0 bridgehead atoms. The Morgan fingerprint density at radius 2 is 1.91 bits per heavy atom. The van der Waals surface area contributed by atoms with Gasteiger partial charge in [0, 0.05) is 0 Å². The maximum atomic E-state index is 12.0. The van der Waals surface area contributed by atoms with E-state index in [0.717, 1.165) is 0 Å². The highest BCUT2D eigenvalue weighted by Crippen LogP contribution is 2.27. The van der Waals surface area contributed by atoms with Gasteiger partial charge in [-0.15, -0.1) is 0 Å². The summed E-state index contributed by atoms with van der Waals surface area (Å²) < 4.78 is 10.5. The minimum absolute atomic E-state index is 0.185. The molecule has 0 radical (unpaired) electrons. The van der Waals surface area contributed by atoms with E-state index in [9.17, 15) is 4.79 Å². The lowest BCUT2D eigenvalue weighted by Crippen LogP contribution is -2.06. The summed E-state index contributed by atoms with van der Waals surface area (Å²) in [5.41, 5.74) is 1.50. The van der Waals surface area contributed by atoms with Crippen molar-refractivity contribution in [1.82, 2.24) is 0 Å². The molecule has 3 rings (SSSR count). The van der Waals surface area contributed by atoms with Crippen LogP contribution in [0.25, 0.3) is 6.08 Å². The van der Waals surface area contributed by atoms with Crippen LogP contribution in [0.3, 0.4) is 0 Å². The van der Waals surface area contributed by atoms with Crippen molar-refractivity contribution in [2.45, 2.75) is 0 Å². The van der Waals surface area contributed by atoms with E-state index in [0.29, 0.717) is 26.9 Å². The van der Waals surface area contributed by atoms with Crippen molar-refractivity contribution in [1.29, 1.82) is 0 Å². The Morgan fingerprint density at radius 1 is 1.13 bits per heavy atom. The number of rotatable bonds is 3. The van der Waals surface area contributed by atoms with Crippen LogP contribution in [-0.2, 0) is 9.53 Å². The number of aliphatic imine (C=N–C) groups is 1. The number of nitrogens with zero attached hydrogens (tertiary/aromatic N) is 1. The van der Waals surface area contributed by atoms with Gasteiger partial charge in [-0.1, -0.05) is 41.4 Å². The van der Waals surface area contributed by atoms with Gasteiger partial charge in [0.2, 0.25) is 5.90 Å². The average molecular weight is 348 g/mol.